The lowest BCUT2D eigenvalue weighted by molar-refractivity contribution is 0.102. The van der Waals surface area contributed by atoms with E-state index in [-0.39, 0.29) is 17.5 Å². The Morgan fingerprint density at radius 2 is 1.71 bits per heavy atom. The Morgan fingerprint density at radius 1 is 1.00 bits per heavy atom. The summed E-state index contributed by atoms with van der Waals surface area (Å²) in [6, 6.07) is 21.3. The van der Waals surface area contributed by atoms with Gasteiger partial charge in [-0.05, 0) is 66.2 Å². The number of phenols is 1. The first-order chi connectivity index (χ1) is 15.1. The molecule has 3 aromatic carbocycles. The number of hydrogen-bond acceptors (Lipinski definition) is 6. The highest BCUT2D eigenvalue weighted by Gasteiger charge is 2.16. The average Bonchev–Trinajstić information content (AvgIpc) is 3.18. The maximum Gasteiger partial charge on any atom is 0.256 e. The number of aromatic nitrogens is 1. The number of anilines is 2. The summed E-state index contributed by atoms with van der Waals surface area (Å²) in [6.07, 6.45) is 1.58. The smallest absolute Gasteiger partial charge is 0.256 e. The Kier molecular flexibility index (Phi) is 6.00. The third kappa shape index (κ3) is 5.12. The molecule has 1 amide bonds. The van der Waals surface area contributed by atoms with Crippen LogP contribution in [-0.2, 0) is 0 Å². The van der Waals surface area contributed by atoms with E-state index in [0.29, 0.717) is 27.0 Å². The van der Waals surface area contributed by atoms with Gasteiger partial charge in [0, 0.05) is 11.1 Å². The molecule has 0 unspecified atom stereocenters. The number of aromatic hydroxyl groups is 1. The second kappa shape index (κ2) is 9.19. The summed E-state index contributed by atoms with van der Waals surface area (Å²) in [4.78, 5) is 17.1. The Hall–Kier alpha value is -4.04. The number of nitrogens with one attached hydrogen (secondary N) is 2. The van der Waals surface area contributed by atoms with Gasteiger partial charge in [-0.2, -0.15) is 5.10 Å². The number of carbonyl (C=O) groups excluding carboxylic acids is 1. The molecule has 0 atom stereocenters. The largest absolute Gasteiger partial charge is 0.508 e. The van der Waals surface area contributed by atoms with Crippen molar-refractivity contribution in [2.75, 3.05) is 10.7 Å². The lowest BCUT2D eigenvalue weighted by Gasteiger charge is -2.05. The zero-order valence-corrected chi connectivity index (χ0v) is 16.9. The fourth-order valence-electron chi connectivity index (χ4n) is 2.74. The first kappa shape index (κ1) is 20.2. The predicted octanol–water partition coefficient (Wildman–Crippen LogP) is 5.35. The van der Waals surface area contributed by atoms with Crippen LogP contribution in [0.4, 0.5) is 14.5 Å². The number of amides is 1. The van der Waals surface area contributed by atoms with Crippen molar-refractivity contribution in [2.24, 2.45) is 5.10 Å². The van der Waals surface area contributed by atoms with Crippen LogP contribution in [0.15, 0.2) is 84.0 Å². The summed E-state index contributed by atoms with van der Waals surface area (Å²) < 4.78 is 13.4. The van der Waals surface area contributed by atoms with Crippen LogP contribution in [-0.4, -0.2) is 22.2 Å². The van der Waals surface area contributed by atoms with E-state index in [1.165, 1.54) is 23.5 Å². The molecule has 0 saturated heterocycles. The van der Waals surface area contributed by atoms with Crippen LogP contribution in [0.1, 0.15) is 15.9 Å². The molecule has 31 heavy (non-hydrogen) atoms. The number of halogens is 1. The molecule has 0 bridgehead atoms. The van der Waals surface area contributed by atoms with Crippen molar-refractivity contribution < 1.29 is 14.3 Å². The van der Waals surface area contributed by atoms with E-state index in [2.05, 4.69) is 20.8 Å². The number of phenolic OH excluding ortho intramolecular Hbond substituents is 1. The summed E-state index contributed by atoms with van der Waals surface area (Å²) in [7, 11) is 0. The lowest BCUT2D eigenvalue weighted by Crippen LogP contribution is -2.11. The van der Waals surface area contributed by atoms with E-state index in [1.807, 2.05) is 6.07 Å². The van der Waals surface area contributed by atoms with Crippen molar-refractivity contribution in [1.82, 2.24) is 4.98 Å². The van der Waals surface area contributed by atoms with Gasteiger partial charge in [-0.1, -0.05) is 29.5 Å². The van der Waals surface area contributed by atoms with Crippen LogP contribution >= 0.6 is 11.3 Å². The van der Waals surface area contributed by atoms with E-state index < -0.39 is 0 Å². The molecule has 4 aromatic rings. The van der Waals surface area contributed by atoms with Crippen LogP contribution in [0.25, 0.3) is 11.3 Å². The summed E-state index contributed by atoms with van der Waals surface area (Å²) in [6.45, 7) is 0. The van der Waals surface area contributed by atoms with Gasteiger partial charge >= 0.3 is 0 Å². The average molecular weight is 432 g/mol. The second-order valence-electron chi connectivity index (χ2n) is 6.49. The van der Waals surface area contributed by atoms with Gasteiger partial charge in [0.1, 0.15) is 22.3 Å². The molecule has 0 aliphatic heterocycles. The molecule has 4 rings (SSSR count). The lowest BCUT2D eigenvalue weighted by atomic mass is 10.1. The first-order valence-electron chi connectivity index (χ1n) is 9.30. The minimum Gasteiger partial charge on any atom is -0.508 e. The number of rotatable bonds is 6. The monoisotopic (exact) mass is 432 g/mol. The number of benzene rings is 3. The molecular formula is C23H17FN4O2S. The highest BCUT2D eigenvalue weighted by molar-refractivity contribution is 7.20. The Balaban J connectivity index is 1.59. The minimum absolute atomic E-state index is 0.174. The molecular weight excluding hydrogens is 415 g/mol. The standard InChI is InChI=1S/C23H17FN4O2S/c24-18-10-8-16(9-11-18)20-22(27-21(30)17-4-2-1-3-5-17)31-23(26-20)28-25-14-15-6-12-19(29)13-7-15/h1-14,29H,(H,26,28)(H,27,30)/b25-14+. The molecule has 1 aromatic heterocycles. The molecule has 6 nitrogen and oxygen atoms in total. The van der Waals surface area contributed by atoms with E-state index in [1.54, 1.807) is 66.9 Å². The van der Waals surface area contributed by atoms with E-state index in [0.717, 1.165) is 5.56 Å². The van der Waals surface area contributed by atoms with E-state index in [4.69, 9.17) is 0 Å². The van der Waals surface area contributed by atoms with Crippen LogP contribution in [0.2, 0.25) is 0 Å². The van der Waals surface area contributed by atoms with Crippen molar-refractivity contribution in [3.05, 3.63) is 95.8 Å². The molecule has 0 spiro atoms. The van der Waals surface area contributed by atoms with Gasteiger partial charge in [0.15, 0.2) is 0 Å². The van der Waals surface area contributed by atoms with Gasteiger partial charge in [-0.15, -0.1) is 0 Å². The van der Waals surface area contributed by atoms with Gasteiger partial charge in [0.2, 0.25) is 5.13 Å². The van der Waals surface area contributed by atoms with Crippen molar-refractivity contribution in [3.63, 3.8) is 0 Å². The Morgan fingerprint density at radius 3 is 2.42 bits per heavy atom. The van der Waals surface area contributed by atoms with Gasteiger partial charge in [-0.3, -0.25) is 10.2 Å². The van der Waals surface area contributed by atoms with E-state index >= 15 is 0 Å². The maximum atomic E-state index is 13.4. The Labute approximate surface area is 181 Å². The summed E-state index contributed by atoms with van der Waals surface area (Å²) in [5.41, 5.74) is 5.33. The van der Waals surface area contributed by atoms with Crippen molar-refractivity contribution in [1.29, 1.82) is 0 Å². The fourth-order valence-corrected chi connectivity index (χ4v) is 3.58. The molecule has 154 valence electrons. The van der Waals surface area contributed by atoms with Crippen LogP contribution in [0.5, 0.6) is 5.75 Å². The van der Waals surface area contributed by atoms with E-state index in [9.17, 15) is 14.3 Å². The van der Waals surface area contributed by atoms with Gasteiger partial charge in [0.05, 0.1) is 6.21 Å². The maximum absolute atomic E-state index is 13.4. The number of hydrazone groups is 1. The molecule has 0 aliphatic rings. The highest BCUT2D eigenvalue weighted by atomic mass is 32.1. The molecule has 8 heteroatoms. The molecule has 0 fully saturated rings. The summed E-state index contributed by atoms with van der Waals surface area (Å²) in [5, 5.41) is 17.4. The van der Waals surface area contributed by atoms with Crippen LogP contribution < -0.4 is 10.7 Å². The molecule has 3 N–H and O–H groups in total. The topological polar surface area (TPSA) is 86.6 Å². The number of nitrogens with zero attached hydrogens (tertiary/aromatic N) is 2. The third-order valence-electron chi connectivity index (χ3n) is 4.27. The van der Waals surface area contributed by atoms with Crippen LogP contribution in [0.3, 0.4) is 0 Å². The minimum atomic E-state index is -0.356. The Bertz CT molecular complexity index is 1210. The predicted molar refractivity (Wildman–Crippen MR) is 121 cm³/mol. The highest BCUT2D eigenvalue weighted by Crippen LogP contribution is 2.36. The number of thiazole rings is 1. The van der Waals surface area contributed by atoms with Gasteiger partial charge in [-0.25, -0.2) is 9.37 Å². The van der Waals surface area contributed by atoms with Crippen molar-refractivity contribution in [2.45, 2.75) is 0 Å². The second-order valence-corrected chi connectivity index (χ2v) is 7.48. The summed E-state index contributed by atoms with van der Waals surface area (Å²) in [5.74, 6) is -0.453. The number of carbonyl (C=O) groups is 1. The normalized spacial score (nSPS) is 10.9. The molecule has 0 aliphatic carbocycles. The summed E-state index contributed by atoms with van der Waals surface area (Å²) >= 11 is 1.22. The molecule has 0 saturated carbocycles. The van der Waals surface area contributed by atoms with Crippen LogP contribution in [0, 0.1) is 5.82 Å². The quantitative estimate of drug-likeness (QED) is 0.283. The van der Waals surface area contributed by atoms with Crippen molar-refractivity contribution in [3.8, 4) is 17.0 Å². The third-order valence-corrected chi connectivity index (χ3v) is 5.15. The number of hydrogen-bond donors (Lipinski definition) is 3. The fraction of sp³-hybridized carbons (Fsp3) is 0. The molecule has 1 heterocycles. The van der Waals surface area contributed by atoms with Gasteiger partial charge < -0.3 is 10.4 Å². The first-order valence-corrected chi connectivity index (χ1v) is 10.1. The zero-order valence-electron chi connectivity index (χ0n) is 16.1. The van der Waals surface area contributed by atoms with Crippen molar-refractivity contribution >= 4 is 33.6 Å². The SMILES string of the molecule is O=C(Nc1sc(N/N=C/c2ccc(O)cc2)nc1-c1ccc(F)cc1)c1ccccc1. The molecule has 0 radical (unpaired) electrons. The zero-order chi connectivity index (χ0) is 21.6. The van der Waals surface area contributed by atoms with Gasteiger partial charge in [0.25, 0.3) is 5.91 Å².